The Kier molecular flexibility index (Phi) is 16.1. The maximum atomic E-state index is 10.6. The molecule has 1 nitrogen and oxygen atoms in total. The van der Waals surface area contributed by atoms with Crippen molar-refractivity contribution in [2.45, 2.75) is 103 Å². The van der Waals surface area contributed by atoms with E-state index in [0.717, 1.165) is 6.42 Å². The maximum Gasteiger partial charge on any atom is 0.185 e. The second-order valence-corrected chi connectivity index (χ2v) is 6.24. The quantitative estimate of drug-likeness (QED) is 0.275. The number of carbonyl (C=O) groups is 1. The predicted octanol–water partition coefficient (Wildman–Crippen LogP) is 6.31. The molecule has 0 fully saturated rings. The second-order valence-electron chi connectivity index (χ2n) is 5.74. The molecule has 0 bridgehead atoms. The van der Waals surface area contributed by atoms with Gasteiger partial charge in [0, 0.05) is 6.42 Å². The molecule has 114 valence electrons. The molecule has 2 heteroatoms. The third-order valence-corrected chi connectivity index (χ3v) is 3.97. The van der Waals surface area contributed by atoms with Gasteiger partial charge in [0.05, 0.1) is 0 Å². The Morgan fingerprint density at radius 1 is 0.632 bits per heavy atom. The Balaban J connectivity index is 2.93. The van der Waals surface area contributed by atoms with Crippen molar-refractivity contribution < 1.29 is 4.79 Å². The lowest BCUT2D eigenvalue weighted by molar-refractivity contribution is -0.110. The van der Waals surface area contributed by atoms with Crippen molar-refractivity contribution in [2.75, 3.05) is 0 Å². The molecule has 0 aromatic rings. The zero-order valence-corrected chi connectivity index (χ0v) is 13.9. The van der Waals surface area contributed by atoms with E-state index in [1.54, 1.807) is 0 Å². The van der Waals surface area contributed by atoms with Gasteiger partial charge in [0.25, 0.3) is 0 Å². The summed E-state index contributed by atoms with van der Waals surface area (Å²) >= 11 is 3.78. The van der Waals surface area contributed by atoms with Crippen molar-refractivity contribution in [2.24, 2.45) is 0 Å². The molecular weight excluding hydrogens is 252 g/mol. The molecule has 0 atom stereocenters. The monoisotopic (exact) mass is 286 g/mol. The van der Waals surface area contributed by atoms with Gasteiger partial charge in [0.15, 0.2) is 5.12 Å². The molecule has 0 saturated heterocycles. The van der Waals surface area contributed by atoms with Crippen LogP contribution in [0.3, 0.4) is 0 Å². The highest BCUT2D eigenvalue weighted by Gasteiger charge is 1.95. The molecule has 0 aromatic carbocycles. The minimum Gasteiger partial charge on any atom is -0.288 e. The number of unbranched alkanes of at least 4 members (excludes halogenated alkanes) is 13. The first-order chi connectivity index (χ1) is 9.27. The summed E-state index contributed by atoms with van der Waals surface area (Å²) < 4.78 is 0. The Morgan fingerprint density at radius 2 is 0.947 bits per heavy atom. The summed E-state index contributed by atoms with van der Waals surface area (Å²) in [6.45, 7) is 2.27. The molecule has 0 N–H and O–H groups in total. The second kappa shape index (κ2) is 16.1. The van der Waals surface area contributed by atoms with Crippen LogP contribution in [-0.4, -0.2) is 5.12 Å². The topological polar surface area (TPSA) is 17.1 Å². The molecule has 0 amide bonds. The van der Waals surface area contributed by atoms with Crippen molar-refractivity contribution in [1.82, 2.24) is 0 Å². The van der Waals surface area contributed by atoms with Crippen LogP contribution in [0.1, 0.15) is 103 Å². The first kappa shape index (κ1) is 19.0. The first-order valence-corrected chi connectivity index (χ1v) is 8.94. The van der Waals surface area contributed by atoms with Crippen LogP contribution in [0.15, 0.2) is 0 Å². The van der Waals surface area contributed by atoms with Crippen LogP contribution in [-0.2, 0) is 4.79 Å². The van der Waals surface area contributed by atoms with Gasteiger partial charge in [0.1, 0.15) is 0 Å². The highest BCUT2D eigenvalue weighted by Crippen LogP contribution is 2.13. The van der Waals surface area contributed by atoms with E-state index in [9.17, 15) is 4.79 Å². The molecular formula is C17H34OS. The van der Waals surface area contributed by atoms with Gasteiger partial charge in [-0.3, -0.25) is 4.79 Å². The highest BCUT2D eigenvalue weighted by atomic mass is 32.1. The average molecular weight is 287 g/mol. The summed E-state index contributed by atoms with van der Waals surface area (Å²) in [5.41, 5.74) is 0. The van der Waals surface area contributed by atoms with Crippen LogP contribution in [0.5, 0.6) is 0 Å². The fraction of sp³-hybridized carbons (Fsp3) is 0.941. The summed E-state index contributed by atoms with van der Waals surface area (Å²) in [6.07, 6.45) is 19.7. The normalized spacial score (nSPS) is 10.8. The van der Waals surface area contributed by atoms with E-state index in [0.29, 0.717) is 6.42 Å². The van der Waals surface area contributed by atoms with E-state index in [2.05, 4.69) is 19.6 Å². The van der Waals surface area contributed by atoms with Gasteiger partial charge in [0.2, 0.25) is 0 Å². The average Bonchev–Trinajstić information content (AvgIpc) is 2.39. The van der Waals surface area contributed by atoms with Crippen LogP contribution in [0.4, 0.5) is 0 Å². The van der Waals surface area contributed by atoms with E-state index in [-0.39, 0.29) is 5.12 Å². The largest absolute Gasteiger partial charge is 0.288 e. The van der Waals surface area contributed by atoms with Crippen LogP contribution in [0.2, 0.25) is 0 Å². The predicted molar refractivity (Wildman–Crippen MR) is 88.9 cm³/mol. The molecule has 0 saturated carbocycles. The van der Waals surface area contributed by atoms with Crippen LogP contribution in [0, 0.1) is 0 Å². The maximum absolute atomic E-state index is 10.6. The standard InChI is InChI=1S/C17H34OS/c1-2-3-4-5-6-7-8-9-10-11-12-13-14-15-16-17(18)19/h2-16H2,1H3,(H,18,19). The number of rotatable bonds is 15. The van der Waals surface area contributed by atoms with Crippen LogP contribution in [0.25, 0.3) is 0 Å². The van der Waals surface area contributed by atoms with Gasteiger partial charge in [-0.2, -0.15) is 0 Å². The number of thiol groups is 1. The fourth-order valence-corrected chi connectivity index (χ4v) is 2.63. The summed E-state index contributed by atoms with van der Waals surface area (Å²) in [4.78, 5) is 10.6. The van der Waals surface area contributed by atoms with Crippen molar-refractivity contribution in [3.63, 3.8) is 0 Å². The molecule has 0 heterocycles. The molecule has 0 aliphatic heterocycles. The van der Waals surface area contributed by atoms with E-state index in [1.165, 1.54) is 83.5 Å². The van der Waals surface area contributed by atoms with Gasteiger partial charge >= 0.3 is 0 Å². The van der Waals surface area contributed by atoms with Gasteiger partial charge in [-0.15, -0.1) is 12.6 Å². The Hall–Kier alpha value is 0.0200. The van der Waals surface area contributed by atoms with E-state index in [4.69, 9.17) is 0 Å². The smallest absolute Gasteiger partial charge is 0.185 e. The van der Waals surface area contributed by atoms with Crippen molar-refractivity contribution >= 4 is 17.7 Å². The van der Waals surface area contributed by atoms with Crippen molar-refractivity contribution in [1.29, 1.82) is 0 Å². The SMILES string of the molecule is CCCCCCCCCCCCCCCCC(=O)S. The highest BCUT2D eigenvalue weighted by molar-refractivity contribution is 7.96. The molecule has 0 aromatic heterocycles. The summed E-state index contributed by atoms with van der Waals surface area (Å²) in [5, 5.41) is 0.0407. The first-order valence-electron chi connectivity index (χ1n) is 8.49. The molecule has 0 spiro atoms. The summed E-state index contributed by atoms with van der Waals surface area (Å²) in [5.74, 6) is 0. The lowest BCUT2D eigenvalue weighted by Gasteiger charge is -2.02. The van der Waals surface area contributed by atoms with Gasteiger partial charge in [-0.1, -0.05) is 90.4 Å². The fourth-order valence-electron chi connectivity index (χ4n) is 2.47. The molecule has 0 aliphatic rings. The summed E-state index contributed by atoms with van der Waals surface area (Å²) in [7, 11) is 0. The Morgan fingerprint density at radius 3 is 1.26 bits per heavy atom. The third kappa shape index (κ3) is 18.0. The van der Waals surface area contributed by atoms with Crippen molar-refractivity contribution in [3.05, 3.63) is 0 Å². The zero-order valence-electron chi connectivity index (χ0n) is 13.0. The van der Waals surface area contributed by atoms with Gasteiger partial charge in [-0.05, 0) is 6.42 Å². The van der Waals surface area contributed by atoms with Crippen LogP contribution >= 0.6 is 12.6 Å². The molecule has 0 aliphatic carbocycles. The van der Waals surface area contributed by atoms with Crippen molar-refractivity contribution in [3.8, 4) is 0 Å². The van der Waals surface area contributed by atoms with E-state index in [1.807, 2.05) is 0 Å². The Bertz CT molecular complexity index is 192. The Labute approximate surface area is 126 Å². The third-order valence-electron chi connectivity index (χ3n) is 3.74. The molecule has 0 unspecified atom stereocenters. The van der Waals surface area contributed by atoms with E-state index < -0.39 is 0 Å². The van der Waals surface area contributed by atoms with Gasteiger partial charge in [-0.25, -0.2) is 0 Å². The van der Waals surface area contributed by atoms with Gasteiger partial charge < -0.3 is 0 Å². The molecule has 0 radical (unpaired) electrons. The minimum absolute atomic E-state index is 0.0407. The number of carbonyl (C=O) groups excluding carboxylic acids is 1. The minimum atomic E-state index is 0.0407. The number of hydrogen-bond acceptors (Lipinski definition) is 1. The molecule has 19 heavy (non-hydrogen) atoms. The van der Waals surface area contributed by atoms with Crippen LogP contribution < -0.4 is 0 Å². The lowest BCUT2D eigenvalue weighted by Crippen LogP contribution is -1.86. The number of hydrogen-bond donors (Lipinski definition) is 1. The van der Waals surface area contributed by atoms with E-state index >= 15 is 0 Å². The zero-order chi connectivity index (χ0) is 14.2. The molecule has 0 rings (SSSR count). The summed E-state index contributed by atoms with van der Waals surface area (Å²) in [6, 6.07) is 0. The lowest BCUT2D eigenvalue weighted by atomic mass is 10.0.